The zero-order valence-electron chi connectivity index (χ0n) is 14.4. The molecule has 2 aliphatic rings. The SMILES string of the molecule is O=C1SC(=Cc2ccc(N3CCOCC3)cc2)C(=O)N1c1ccccc1Cl. The van der Waals surface area contributed by atoms with E-state index in [1.54, 1.807) is 30.3 Å². The first-order chi connectivity index (χ1) is 13.1. The van der Waals surface area contributed by atoms with Gasteiger partial charge in [-0.3, -0.25) is 9.59 Å². The standard InChI is InChI=1S/C20H17ClN2O3S/c21-16-3-1-2-4-17(16)23-19(24)18(27-20(23)25)13-14-5-7-15(8-6-14)22-9-11-26-12-10-22/h1-8,13H,9-12H2. The number of hydrogen-bond acceptors (Lipinski definition) is 5. The van der Waals surface area contributed by atoms with Gasteiger partial charge in [-0.25, -0.2) is 4.90 Å². The maximum Gasteiger partial charge on any atom is 0.298 e. The van der Waals surface area contributed by atoms with Crippen LogP contribution in [0.25, 0.3) is 6.08 Å². The highest BCUT2D eigenvalue weighted by molar-refractivity contribution is 8.19. The van der Waals surface area contributed by atoms with Crippen molar-refractivity contribution in [3.05, 3.63) is 64.0 Å². The molecule has 2 saturated heterocycles. The highest BCUT2D eigenvalue weighted by Crippen LogP contribution is 2.38. The molecule has 7 heteroatoms. The molecule has 2 aliphatic heterocycles. The third kappa shape index (κ3) is 3.74. The maximum atomic E-state index is 12.7. The molecule has 2 aromatic carbocycles. The summed E-state index contributed by atoms with van der Waals surface area (Å²) >= 11 is 7.07. The van der Waals surface area contributed by atoms with Crippen molar-refractivity contribution < 1.29 is 14.3 Å². The molecule has 138 valence electrons. The minimum Gasteiger partial charge on any atom is -0.378 e. The van der Waals surface area contributed by atoms with E-state index in [-0.39, 0.29) is 11.1 Å². The Bertz CT molecular complexity index is 908. The van der Waals surface area contributed by atoms with Gasteiger partial charge in [-0.1, -0.05) is 35.9 Å². The first-order valence-corrected chi connectivity index (χ1v) is 9.78. The number of morpholine rings is 1. The first kappa shape index (κ1) is 18.1. The number of anilines is 2. The molecule has 0 N–H and O–H groups in total. The second kappa shape index (κ2) is 7.76. The van der Waals surface area contributed by atoms with Crippen LogP contribution in [-0.2, 0) is 9.53 Å². The summed E-state index contributed by atoms with van der Waals surface area (Å²) in [6.45, 7) is 3.21. The maximum absolute atomic E-state index is 12.7. The number of nitrogens with zero attached hydrogens (tertiary/aromatic N) is 2. The average molecular weight is 401 g/mol. The molecule has 0 saturated carbocycles. The molecule has 0 aliphatic carbocycles. The van der Waals surface area contributed by atoms with Gasteiger partial charge in [-0.05, 0) is 47.7 Å². The van der Waals surface area contributed by atoms with Crippen LogP contribution in [0.15, 0.2) is 53.4 Å². The topological polar surface area (TPSA) is 49.9 Å². The summed E-state index contributed by atoms with van der Waals surface area (Å²) < 4.78 is 5.37. The Labute approximate surface area is 166 Å². The highest BCUT2D eigenvalue weighted by Gasteiger charge is 2.37. The predicted octanol–water partition coefficient (Wildman–Crippen LogP) is 4.42. The van der Waals surface area contributed by atoms with Gasteiger partial charge in [0.15, 0.2) is 0 Å². The van der Waals surface area contributed by atoms with Crippen molar-refractivity contribution in [1.82, 2.24) is 0 Å². The Balaban J connectivity index is 1.55. The summed E-state index contributed by atoms with van der Waals surface area (Å²) in [6, 6.07) is 14.8. The number of thioether (sulfide) groups is 1. The lowest BCUT2D eigenvalue weighted by molar-refractivity contribution is -0.113. The van der Waals surface area contributed by atoms with E-state index in [9.17, 15) is 9.59 Å². The van der Waals surface area contributed by atoms with Gasteiger partial charge >= 0.3 is 0 Å². The summed E-state index contributed by atoms with van der Waals surface area (Å²) in [5.74, 6) is -0.352. The molecular weight excluding hydrogens is 384 g/mol. The van der Waals surface area contributed by atoms with Crippen LogP contribution in [0.2, 0.25) is 5.02 Å². The molecule has 0 aromatic heterocycles. The fraction of sp³-hybridized carbons (Fsp3) is 0.200. The number of para-hydroxylation sites is 1. The van der Waals surface area contributed by atoms with Gasteiger partial charge < -0.3 is 9.64 Å². The van der Waals surface area contributed by atoms with Gasteiger partial charge in [0.1, 0.15) is 0 Å². The molecule has 27 heavy (non-hydrogen) atoms. The lowest BCUT2D eigenvalue weighted by atomic mass is 10.1. The van der Waals surface area contributed by atoms with Crippen LogP contribution in [0.4, 0.5) is 16.2 Å². The van der Waals surface area contributed by atoms with Gasteiger partial charge in [0.2, 0.25) is 0 Å². The molecule has 0 radical (unpaired) electrons. The van der Waals surface area contributed by atoms with E-state index in [4.69, 9.17) is 16.3 Å². The lowest BCUT2D eigenvalue weighted by Crippen LogP contribution is -2.36. The number of halogens is 1. The fourth-order valence-corrected chi connectivity index (χ4v) is 4.12. The zero-order chi connectivity index (χ0) is 18.8. The largest absolute Gasteiger partial charge is 0.378 e. The Morgan fingerprint density at radius 1 is 1.00 bits per heavy atom. The van der Waals surface area contributed by atoms with Crippen molar-refractivity contribution in [2.75, 3.05) is 36.1 Å². The molecular formula is C20H17ClN2O3S. The Morgan fingerprint density at radius 2 is 1.70 bits per heavy atom. The van der Waals surface area contributed by atoms with Crippen LogP contribution in [0.1, 0.15) is 5.56 Å². The van der Waals surface area contributed by atoms with Crippen LogP contribution < -0.4 is 9.80 Å². The summed E-state index contributed by atoms with van der Waals surface area (Å²) in [6.07, 6.45) is 1.74. The predicted molar refractivity (Wildman–Crippen MR) is 109 cm³/mol. The van der Waals surface area contributed by atoms with E-state index < -0.39 is 0 Å². The number of rotatable bonds is 3. The van der Waals surface area contributed by atoms with Crippen LogP contribution in [0.3, 0.4) is 0 Å². The van der Waals surface area contributed by atoms with Crippen molar-refractivity contribution in [3.8, 4) is 0 Å². The smallest absolute Gasteiger partial charge is 0.298 e. The van der Waals surface area contributed by atoms with Crippen LogP contribution in [-0.4, -0.2) is 37.4 Å². The van der Waals surface area contributed by atoms with Crippen molar-refractivity contribution in [2.45, 2.75) is 0 Å². The molecule has 5 nitrogen and oxygen atoms in total. The summed E-state index contributed by atoms with van der Waals surface area (Å²) in [7, 11) is 0. The van der Waals surface area contributed by atoms with Crippen molar-refractivity contribution in [2.24, 2.45) is 0 Å². The third-order valence-corrected chi connectivity index (χ3v) is 5.64. The molecule has 2 heterocycles. The van der Waals surface area contributed by atoms with Gasteiger partial charge in [-0.2, -0.15) is 0 Å². The van der Waals surface area contributed by atoms with Crippen LogP contribution >= 0.6 is 23.4 Å². The van der Waals surface area contributed by atoms with Gasteiger partial charge in [0.05, 0.1) is 28.8 Å². The summed E-state index contributed by atoms with van der Waals surface area (Å²) in [4.78, 5) is 28.8. The second-order valence-electron chi connectivity index (χ2n) is 6.16. The van der Waals surface area contributed by atoms with E-state index in [1.165, 1.54) is 0 Å². The number of benzene rings is 2. The molecule has 0 unspecified atom stereocenters. The molecule has 2 fully saturated rings. The van der Waals surface area contributed by atoms with Crippen molar-refractivity contribution in [1.29, 1.82) is 0 Å². The Kier molecular flexibility index (Phi) is 5.20. The number of ether oxygens (including phenoxy) is 1. The molecule has 2 amide bonds. The van der Waals surface area contributed by atoms with E-state index in [0.29, 0.717) is 15.6 Å². The van der Waals surface area contributed by atoms with E-state index in [0.717, 1.165) is 54.2 Å². The highest BCUT2D eigenvalue weighted by atomic mass is 35.5. The first-order valence-electron chi connectivity index (χ1n) is 8.59. The van der Waals surface area contributed by atoms with Crippen molar-refractivity contribution >= 4 is 52.0 Å². The Morgan fingerprint density at radius 3 is 2.41 bits per heavy atom. The monoisotopic (exact) mass is 400 g/mol. The van der Waals surface area contributed by atoms with Crippen LogP contribution in [0, 0.1) is 0 Å². The van der Waals surface area contributed by atoms with Gasteiger partial charge in [0, 0.05) is 18.8 Å². The number of carbonyl (C=O) groups excluding carboxylic acids is 2. The average Bonchev–Trinajstić information content (AvgIpc) is 2.97. The lowest BCUT2D eigenvalue weighted by Gasteiger charge is -2.28. The number of imide groups is 1. The fourth-order valence-electron chi connectivity index (χ4n) is 3.06. The summed E-state index contributed by atoms with van der Waals surface area (Å²) in [5.41, 5.74) is 2.41. The van der Waals surface area contributed by atoms with E-state index >= 15 is 0 Å². The molecule has 0 bridgehead atoms. The molecule has 0 spiro atoms. The van der Waals surface area contributed by atoms with Crippen LogP contribution in [0.5, 0.6) is 0 Å². The van der Waals surface area contributed by atoms with Gasteiger partial charge in [-0.15, -0.1) is 0 Å². The van der Waals surface area contributed by atoms with E-state index in [2.05, 4.69) is 4.90 Å². The van der Waals surface area contributed by atoms with Gasteiger partial charge in [0.25, 0.3) is 11.1 Å². The van der Waals surface area contributed by atoms with Crippen molar-refractivity contribution in [3.63, 3.8) is 0 Å². The minimum absolute atomic E-state index is 0.343. The Hall–Kier alpha value is -2.28. The molecule has 4 rings (SSSR count). The normalized spacial score (nSPS) is 19.2. The second-order valence-corrected chi connectivity index (χ2v) is 7.56. The number of amides is 2. The molecule has 2 aromatic rings. The number of hydrogen-bond donors (Lipinski definition) is 0. The number of carbonyl (C=O) groups is 2. The molecule has 0 atom stereocenters. The minimum atomic E-state index is -0.352. The summed E-state index contributed by atoms with van der Waals surface area (Å²) in [5, 5.41) is 0.0280. The van der Waals surface area contributed by atoms with E-state index in [1.807, 2.05) is 24.3 Å². The zero-order valence-corrected chi connectivity index (χ0v) is 16.0. The quantitative estimate of drug-likeness (QED) is 0.714. The third-order valence-electron chi connectivity index (χ3n) is 4.45.